The van der Waals surface area contributed by atoms with Crippen LogP contribution in [-0.4, -0.2) is 71.5 Å². The van der Waals surface area contributed by atoms with Gasteiger partial charge in [-0.2, -0.15) is 5.10 Å². The molecule has 1 unspecified atom stereocenters. The van der Waals surface area contributed by atoms with Crippen LogP contribution in [0.3, 0.4) is 0 Å². The number of carbonyl (C=O) groups is 1. The van der Waals surface area contributed by atoms with Crippen LogP contribution in [0.4, 0.5) is 16.1 Å². The topological polar surface area (TPSA) is 108 Å². The van der Waals surface area contributed by atoms with Crippen molar-refractivity contribution in [3.63, 3.8) is 0 Å². The summed E-state index contributed by atoms with van der Waals surface area (Å²) in [7, 11) is 5.35. The average molecular weight is 455 g/mol. The molecule has 0 bridgehead atoms. The fourth-order valence-electron chi connectivity index (χ4n) is 3.70. The minimum Gasteiger partial charge on any atom is -0.497 e. The number of likely N-dealkylation sites (N-methyl/N-ethyl adjacent to an activating group) is 1. The zero-order chi connectivity index (χ0) is 22.5. The van der Waals surface area contributed by atoms with E-state index in [4.69, 9.17) is 4.74 Å². The molecule has 0 radical (unpaired) electrons. The number of carbonyl (C=O) groups excluding carboxylic acids is 1. The van der Waals surface area contributed by atoms with Gasteiger partial charge in [0.05, 0.1) is 7.11 Å². The number of hydrogen-bond donors (Lipinski definition) is 2. The van der Waals surface area contributed by atoms with E-state index >= 15 is 0 Å². The monoisotopic (exact) mass is 454 g/mol. The summed E-state index contributed by atoms with van der Waals surface area (Å²) in [6, 6.07) is 11.1. The van der Waals surface area contributed by atoms with E-state index in [0.717, 1.165) is 36.6 Å². The molecule has 0 saturated carbocycles. The first-order valence-corrected chi connectivity index (χ1v) is 11.1. The van der Waals surface area contributed by atoms with Gasteiger partial charge in [-0.25, -0.2) is 0 Å². The average Bonchev–Trinajstić information content (AvgIpc) is 3.44. The van der Waals surface area contributed by atoms with Gasteiger partial charge in [0.1, 0.15) is 11.8 Å². The van der Waals surface area contributed by atoms with Crippen molar-refractivity contribution in [2.75, 3.05) is 49.8 Å². The lowest BCUT2D eigenvalue weighted by Gasteiger charge is -2.23. The van der Waals surface area contributed by atoms with Gasteiger partial charge in [-0.15, -0.1) is 15.3 Å². The zero-order valence-corrected chi connectivity index (χ0v) is 19.0. The maximum Gasteiger partial charge on any atom is 0.248 e. The fraction of sp³-hybridized carbons (Fsp3) is 0.381. The van der Waals surface area contributed by atoms with Crippen molar-refractivity contribution < 1.29 is 9.53 Å². The molecule has 1 saturated heterocycles. The number of anilines is 3. The first-order chi connectivity index (χ1) is 15.5. The quantitative estimate of drug-likeness (QED) is 0.530. The molecule has 3 heterocycles. The van der Waals surface area contributed by atoms with Gasteiger partial charge in [0.2, 0.25) is 16.2 Å². The van der Waals surface area contributed by atoms with Crippen LogP contribution in [0.1, 0.15) is 18.0 Å². The van der Waals surface area contributed by atoms with E-state index in [0.29, 0.717) is 10.3 Å². The molecule has 2 N–H and O–H groups in total. The Hall–Kier alpha value is -3.31. The smallest absolute Gasteiger partial charge is 0.248 e. The molecule has 2 atom stereocenters. The maximum absolute atomic E-state index is 13.0. The molecule has 10 nitrogen and oxygen atoms in total. The van der Waals surface area contributed by atoms with Crippen molar-refractivity contribution in [3.05, 3.63) is 48.2 Å². The molecule has 3 aromatic rings. The van der Waals surface area contributed by atoms with Crippen molar-refractivity contribution in [2.24, 2.45) is 0 Å². The fourth-order valence-corrected chi connectivity index (χ4v) is 4.42. The highest BCUT2D eigenvalue weighted by molar-refractivity contribution is 7.19. The van der Waals surface area contributed by atoms with Crippen LogP contribution in [-0.2, 0) is 4.79 Å². The summed E-state index contributed by atoms with van der Waals surface area (Å²) in [5, 5.41) is 23.9. The Morgan fingerprint density at radius 3 is 2.66 bits per heavy atom. The SMILES string of the molecule is COc1ccc(C(C(=O)Nc2nnc(N[C@@H]3CCN(c4cccnn4)C3)s2)N(C)C)cc1. The van der Waals surface area contributed by atoms with E-state index in [1.165, 1.54) is 11.3 Å². The normalized spacial score (nSPS) is 16.8. The van der Waals surface area contributed by atoms with Crippen LogP contribution in [0.25, 0.3) is 0 Å². The molecule has 1 aromatic carbocycles. The van der Waals surface area contributed by atoms with Crippen LogP contribution in [0.5, 0.6) is 5.75 Å². The number of benzene rings is 1. The number of nitrogens with zero attached hydrogens (tertiary/aromatic N) is 6. The lowest BCUT2D eigenvalue weighted by molar-refractivity contribution is -0.120. The van der Waals surface area contributed by atoms with Gasteiger partial charge in [-0.05, 0) is 50.3 Å². The van der Waals surface area contributed by atoms with Crippen molar-refractivity contribution in [1.82, 2.24) is 25.3 Å². The molecule has 168 valence electrons. The number of nitrogens with one attached hydrogen (secondary N) is 2. The van der Waals surface area contributed by atoms with Crippen molar-refractivity contribution in [3.8, 4) is 5.75 Å². The molecular weight excluding hydrogens is 428 g/mol. The lowest BCUT2D eigenvalue weighted by Crippen LogP contribution is -2.32. The number of methoxy groups -OCH3 is 1. The Bertz CT molecular complexity index is 1030. The molecular formula is C21H26N8O2S. The molecule has 32 heavy (non-hydrogen) atoms. The molecule has 1 amide bonds. The van der Waals surface area contributed by atoms with Gasteiger partial charge >= 0.3 is 0 Å². The van der Waals surface area contributed by atoms with Crippen LogP contribution in [0.2, 0.25) is 0 Å². The highest BCUT2D eigenvalue weighted by atomic mass is 32.1. The second-order valence-electron chi connectivity index (χ2n) is 7.70. The zero-order valence-electron chi connectivity index (χ0n) is 18.2. The Morgan fingerprint density at radius 2 is 1.97 bits per heavy atom. The number of rotatable bonds is 8. The van der Waals surface area contributed by atoms with Crippen LogP contribution in [0.15, 0.2) is 42.6 Å². The van der Waals surface area contributed by atoms with Crippen LogP contribution >= 0.6 is 11.3 Å². The van der Waals surface area contributed by atoms with Crippen molar-refractivity contribution >= 4 is 33.3 Å². The van der Waals surface area contributed by atoms with Gasteiger partial charge in [0.15, 0.2) is 5.82 Å². The van der Waals surface area contributed by atoms with E-state index in [9.17, 15) is 4.79 Å². The highest BCUT2D eigenvalue weighted by Gasteiger charge is 2.26. The standard InChI is InChI=1S/C21H26N8O2S/c1-28(2)18(14-6-8-16(31-3)9-7-14)19(30)24-21-27-26-20(32-21)23-15-10-12-29(13-15)17-5-4-11-22-25-17/h4-9,11,15,18H,10,12-13H2,1-3H3,(H,23,26)(H,24,27,30)/t15-,18?/m1/s1. The first-order valence-electron chi connectivity index (χ1n) is 10.3. The van der Waals surface area contributed by atoms with Gasteiger partial charge in [-0.3, -0.25) is 15.0 Å². The third kappa shape index (κ3) is 5.11. The summed E-state index contributed by atoms with van der Waals surface area (Å²) in [4.78, 5) is 17.0. The summed E-state index contributed by atoms with van der Waals surface area (Å²) in [5.41, 5.74) is 0.867. The Kier molecular flexibility index (Phi) is 6.76. The van der Waals surface area contributed by atoms with Gasteiger partial charge in [0, 0.05) is 25.3 Å². The summed E-state index contributed by atoms with van der Waals surface area (Å²) < 4.78 is 5.21. The number of amides is 1. The first kappa shape index (κ1) is 21.9. The Labute approximate surface area is 190 Å². The molecule has 4 rings (SSSR count). The summed E-state index contributed by atoms with van der Waals surface area (Å²) >= 11 is 1.33. The molecule has 11 heteroatoms. The predicted molar refractivity (Wildman–Crippen MR) is 124 cm³/mol. The Morgan fingerprint density at radius 1 is 1.19 bits per heavy atom. The number of aromatic nitrogens is 4. The molecule has 1 aliphatic rings. The summed E-state index contributed by atoms with van der Waals surface area (Å²) in [5.74, 6) is 1.45. The maximum atomic E-state index is 13.0. The second kappa shape index (κ2) is 9.88. The number of hydrogen-bond acceptors (Lipinski definition) is 10. The van der Waals surface area contributed by atoms with Crippen molar-refractivity contribution in [2.45, 2.75) is 18.5 Å². The minimum atomic E-state index is -0.461. The van der Waals surface area contributed by atoms with E-state index in [1.54, 1.807) is 13.3 Å². The molecule has 2 aromatic heterocycles. The highest BCUT2D eigenvalue weighted by Crippen LogP contribution is 2.27. The van der Waals surface area contributed by atoms with Gasteiger partial charge < -0.3 is 15.0 Å². The third-order valence-corrected chi connectivity index (χ3v) is 6.02. The van der Waals surface area contributed by atoms with Crippen LogP contribution < -0.4 is 20.3 Å². The lowest BCUT2D eigenvalue weighted by atomic mass is 10.1. The Balaban J connectivity index is 1.36. The van der Waals surface area contributed by atoms with E-state index < -0.39 is 6.04 Å². The second-order valence-corrected chi connectivity index (χ2v) is 8.68. The minimum absolute atomic E-state index is 0.169. The van der Waals surface area contributed by atoms with Crippen molar-refractivity contribution in [1.29, 1.82) is 0 Å². The van der Waals surface area contributed by atoms with E-state index in [-0.39, 0.29) is 11.9 Å². The molecule has 1 aliphatic heterocycles. The van der Waals surface area contributed by atoms with Crippen LogP contribution in [0, 0.1) is 0 Å². The third-order valence-electron chi connectivity index (χ3n) is 5.25. The predicted octanol–water partition coefficient (Wildman–Crippen LogP) is 2.27. The van der Waals surface area contributed by atoms with Gasteiger partial charge in [-0.1, -0.05) is 23.5 Å². The summed E-state index contributed by atoms with van der Waals surface area (Å²) in [6.07, 6.45) is 2.62. The van der Waals surface area contributed by atoms with E-state index in [1.807, 2.05) is 55.4 Å². The summed E-state index contributed by atoms with van der Waals surface area (Å²) in [6.45, 7) is 1.70. The molecule has 1 fully saturated rings. The van der Waals surface area contributed by atoms with E-state index in [2.05, 4.69) is 35.9 Å². The number of ether oxygens (including phenoxy) is 1. The molecule has 0 spiro atoms. The largest absolute Gasteiger partial charge is 0.497 e. The van der Waals surface area contributed by atoms with Gasteiger partial charge in [0.25, 0.3) is 0 Å². The molecule has 0 aliphatic carbocycles.